The zero-order valence-corrected chi connectivity index (χ0v) is 5.33. The highest BCUT2D eigenvalue weighted by atomic mass is 16.3. The summed E-state index contributed by atoms with van der Waals surface area (Å²) in [5, 5.41) is 9.20. The third-order valence-corrected chi connectivity index (χ3v) is 1.59. The van der Waals surface area contributed by atoms with Gasteiger partial charge in [0, 0.05) is 11.8 Å². The van der Waals surface area contributed by atoms with Crippen LogP contribution in [0, 0.1) is 0 Å². The minimum absolute atomic E-state index is 0.238. The lowest BCUT2D eigenvalue weighted by molar-refractivity contribution is 0.456. The van der Waals surface area contributed by atoms with E-state index >= 15 is 0 Å². The summed E-state index contributed by atoms with van der Waals surface area (Å²) in [6, 6.07) is 7.68. The summed E-state index contributed by atoms with van der Waals surface area (Å²) in [5.74, 6) is 0.238. The molecule has 1 aliphatic heterocycles. The van der Waals surface area contributed by atoms with E-state index < -0.39 is 0 Å². The topological polar surface area (TPSA) is 36.0 Å². The lowest BCUT2D eigenvalue weighted by Crippen LogP contribution is -1.77. The van der Waals surface area contributed by atoms with Crippen molar-refractivity contribution in [3.63, 3.8) is 0 Å². The number of aromatic amines is 1. The first-order valence-corrected chi connectivity index (χ1v) is 3.13. The van der Waals surface area contributed by atoms with E-state index in [1.54, 1.807) is 6.20 Å². The summed E-state index contributed by atoms with van der Waals surface area (Å²) < 4.78 is 0. The molecule has 0 bridgehead atoms. The molecule has 1 aliphatic carbocycles. The molecule has 1 heterocycles. The first kappa shape index (κ1) is 5.35. The van der Waals surface area contributed by atoms with E-state index in [9.17, 15) is 5.11 Å². The lowest BCUT2D eigenvalue weighted by Gasteiger charge is -1.99. The normalized spacial score (nSPS) is 10.4. The minimum atomic E-state index is 0.238. The number of aromatic hydroxyl groups is 1. The van der Waals surface area contributed by atoms with Gasteiger partial charge in [-0.05, 0) is 17.7 Å². The van der Waals surface area contributed by atoms with Gasteiger partial charge in [-0.15, -0.1) is 0 Å². The van der Waals surface area contributed by atoms with Gasteiger partial charge in [0.25, 0.3) is 0 Å². The van der Waals surface area contributed by atoms with Crippen molar-refractivity contribution < 1.29 is 5.11 Å². The van der Waals surface area contributed by atoms with E-state index in [-0.39, 0.29) is 5.88 Å². The molecule has 0 amide bonds. The second kappa shape index (κ2) is 1.77. The van der Waals surface area contributed by atoms with Gasteiger partial charge in [0.05, 0.1) is 0 Å². The predicted octanol–water partition coefficient (Wildman–Crippen LogP) is 1.83. The molecule has 2 N–H and O–H groups in total. The molecule has 2 rings (SSSR count). The molecule has 0 atom stereocenters. The van der Waals surface area contributed by atoms with Crippen molar-refractivity contribution in [1.82, 2.24) is 4.98 Å². The first-order chi connectivity index (χ1) is 4.88. The highest BCUT2D eigenvalue weighted by Crippen LogP contribution is 2.28. The van der Waals surface area contributed by atoms with Crippen LogP contribution < -0.4 is 0 Å². The van der Waals surface area contributed by atoms with Crippen molar-refractivity contribution in [2.24, 2.45) is 0 Å². The number of fused-ring (bicyclic) bond motifs is 1. The Morgan fingerprint density at radius 1 is 1.20 bits per heavy atom. The van der Waals surface area contributed by atoms with Gasteiger partial charge in [-0.25, -0.2) is 0 Å². The predicted molar refractivity (Wildman–Crippen MR) is 39.1 cm³/mol. The van der Waals surface area contributed by atoms with Crippen molar-refractivity contribution in [3.05, 3.63) is 30.5 Å². The maximum atomic E-state index is 9.20. The van der Waals surface area contributed by atoms with Crippen molar-refractivity contribution in [2.75, 3.05) is 0 Å². The SMILES string of the molecule is Oc1[nH]ccc2cccc1-2. The van der Waals surface area contributed by atoms with Crippen LogP contribution in [0.25, 0.3) is 11.1 Å². The zero-order valence-electron chi connectivity index (χ0n) is 5.33. The summed E-state index contributed by atoms with van der Waals surface area (Å²) >= 11 is 0. The molecule has 0 radical (unpaired) electrons. The van der Waals surface area contributed by atoms with E-state index in [1.807, 2.05) is 24.3 Å². The molecule has 2 nitrogen and oxygen atoms in total. The monoisotopic (exact) mass is 133 g/mol. The van der Waals surface area contributed by atoms with Gasteiger partial charge >= 0.3 is 0 Å². The van der Waals surface area contributed by atoms with E-state index in [1.165, 1.54) is 0 Å². The van der Waals surface area contributed by atoms with Gasteiger partial charge < -0.3 is 10.1 Å². The van der Waals surface area contributed by atoms with Crippen molar-refractivity contribution in [3.8, 4) is 17.0 Å². The fraction of sp³-hybridized carbons (Fsp3) is 0. The van der Waals surface area contributed by atoms with Gasteiger partial charge in [-0.2, -0.15) is 0 Å². The Morgan fingerprint density at radius 3 is 2.90 bits per heavy atom. The van der Waals surface area contributed by atoms with E-state index in [2.05, 4.69) is 4.98 Å². The van der Waals surface area contributed by atoms with Crippen LogP contribution in [0.3, 0.4) is 0 Å². The lowest BCUT2D eigenvalue weighted by atomic mass is 10.2. The third kappa shape index (κ3) is 0.589. The molecule has 0 fully saturated rings. The fourth-order valence-corrected chi connectivity index (χ4v) is 1.08. The number of aromatic nitrogens is 1. The Hall–Kier alpha value is -1.44. The molecule has 0 aromatic rings. The van der Waals surface area contributed by atoms with Crippen molar-refractivity contribution in [2.45, 2.75) is 0 Å². The number of H-pyrrole nitrogens is 1. The average molecular weight is 133 g/mol. The molecular weight excluding hydrogens is 126 g/mol. The highest BCUT2D eigenvalue weighted by molar-refractivity contribution is 5.70. The summed E-state index contributed by atoms with van der Waals surface area (Å²) in [4.78, 5) is 2.72. The number of hydrogen-bond acceptors (Lipinski definition) is 1. The second-order valence-electron chi connectivity index (χ2n) is 2.22. The van der Waals surface area contributed by atoms with Gasteiger partial charge in [0.15, 0.2) is 5.88 Å². The van der Waals surface area contributed by atoms with Crippen LogP contribution in [0.2, 0.25) is 0 Å². The quantitative estimate of drug-likeness (QED) is 0.565. The minimum Gasteiger partial charge on any atom is -0.494 e. The average Bonchev–Trinajstić information content (AvgIpc) is 2.36. The fourth-order valence-electron chi connectivity index (χ4n) is 1.08. The largest absolute Gasteiger partial charge is 0.494 e. The Morgan fingerprint density at radius 2 is 2.10 bits per heavy atom. The zero-order chi connectivity index (χ0) is 6.97. The van der Waals surface area contributed by atoms with E-state index in [0.717, 1.165) is 11.1 Å². The molecule has 50 valence electrons. The molecule has 0 saturated heterocycles. The molecule has 0 spiro atoms. The van der Waals surface area contributed by atoms with Gasteiger partial charge in [-0.3, -0.25) is 0 Å². The summed E-state index contributed by atoms with van der Waals surface area (Å²) in [6.07, 6.45) is 1.72. The first-order valence-electron chi connectivity index (χ1n) is 3.13. The van der Waals surface area contributed by atoms with Crippen LogP contribution in [0.15, 0.2) is 30.5 Å². The molecule has 0 unspecified atom stereocenters. The second-order valence-corrected chi connectivity index (χ2v) is 2.22. The van der Waals surface area contributed by atoms with Gasteiger partial charge in [0.2, 0.25) is 0 Å². The van der Waals surface area contributed by atoms with Crippen LogP contribution in [-0.4, -0.2) is 10.1 Å². The Labute approximate surface area is 58.5 Å². The highest BCUT2D eigenvalue weighted by Gasteiger charge is 2.04. The number of hydrogen-bond donors (Lipinski definition) is 2. The van der Waals surface area contributed by atoms with Crippen LogP contribution in [0.5, 0.6) is 5.88 Å². The van der Waals surface area contributed by atoms with E-state index in [0.29, 0.717) is 0 Å². The van der Waals surface area contributed by atoms with Crippen molar-refractivity contribution in [1.29, 1.82) is 0 Å². The number of pyridine rings is 1. The molecule has 2 aliphatic rings. The summed E-state index contributed by atoms with van der Waals surface area (Å²) in [6.45, 7) is 0. The maximum absolute atomic E-state index is 9.20. The molecule has 0 saturated carbocycles. The molecule has 0 aromatic heterocycles. The van der Waals surface area contributed by atoms with Crippen LogP contribution in [-0.2, 0) is 0 Å². The summed E-state index contributed by atoms with van der Waals surface area (Å²) in [7, 11) is 0. The maximum Gasteiger partial charge on any atom is 0.196 e. The van der Waals surface area contributed by atoms with E-state index in [4.69, 9.17) is 0 Å². The van der Waals surface area contributed by atoms with Crippen LogP contribution in [0.4, 0.5) is 0 Å². The van der Waals surface area contributed by atoms with Crippen molar-refractivity contribution >= 4 is 0 Å². The smallest absolute Gasteiger partial charge is 0.196 e. The van der Waals surface area contributed by atoms with Crippen LogP contribution in [0.1, 0.15) is 0 Å². The third-order valence-electron chi connectivity index (χ3n) is 1.59. The molecular formula is C8H7NO. The Balaban J connectivity index is 2.80. The number of nitrogens with one attached hydrogen (secondary N) is 1. The summed E-state index contributed by atoms with van der Waals surface area (Å²) in [5.41, 5.74) is 1.94. The Bertz CT molecular complexity index is 313. The standard InChI is InChI=1S/C8H7NO/c10-8-7-3-1-2-6(7)4-5-9-8/h1-5,9-10H. The van der Waals surface area contributed by atoms with Gasteiger partial charge in [-0.1, -0.05) is 12.1 Å². The molecule has 2 heteroatoms. The molecule has 0 aromatic carbocycles. The molecule has 10 heavy (non-hydrogen) atoms. The van der Waals surface area contributed by atoms with Crippen LogP contribution >= 0.6 is 0 Å². The Kier molecular flexibility index (Phi) is 0.947. The number of rotatable bonds is 0. The van der Waals surface area contributed by atoms with Gasteiger partial charge in [0.1, 0.15) is 0 Å².